The monoisotopic (exact) mass is 340 g/mol. The van der Waals surface area contributed by atoms with Crippen molar-refractivity contribution >= 4 is 5.91 Å². The largest absolute Gasteiger partial charge is 0.493 e. The third-order valence-electron chi connectivity index (χ3n) is 5.31. The Morgan fingerprint density at radius 3 is 3.04 bits per heavy atom. The van der Waals surface area contributed by atoms with Gasteiger partial charge in [0.05, 0.1) is 13.2 Å². The lowest BCUT2D eigenvalue weighted by molar-refractivity contribution is -0.135. The number of rotatable bonds is 3. The molecule has 0 N–H and O–H groups in total. The maximum atomic E-state index is 13.0. The zero-order valence-corrected chi connectivity index (χ0v) is 14.7. The quantitative estimate of drug-likeness (QED) is 0.861. The molecule has 2 aliphatic rings. The Kier molecular flexibility index (Phi) is 4.47. The standard InChI is InChI=1S/C20H24N2O3/c1-22(13-17-16-7-3-5-9-19(16)25-21-17)20(23)15-10-11-24-18-8-4-2-6-14(18)12-15/h2,4,6,8,15H,3,5,7,9-13H2,1H3/t15-/m0/s1. The SMILES string of the molecule is CN(Cc1noc2c1CCCC2)C(=O)[C@H]1CCOc2ccccc2C1. The summed E-state index contributed by atoms with van der Waals surface area (Å²) in [6, 6.07) is 8.00. The third kappa shape index (κ3) is 3.28. The molecule has 0 spiro atoms. The number of hydrogen-bond donors (Lipinski definition) is 0. The van der Waals surface area contributed by atoms with Crippen LogP contribution in [-0.4, -0.2) is 29.6 Å². The number of fused-ring (bicyclic) bond motifs is 2. The summed E-state index contributed by atoms with van der Waals surface area (Å²) in [5, 5.41) is 4.23. The van der Waals surface area contributed by atoms with Gasteiger partial charge in [-0.25, -0.2) is 0 Å². The molecule has 25 heavy (non-hydrogen) atoms. The summed E-state index contributed by atoms with van der Waals surface area (Å²) in [5.74, 6) is 2.04. The van der Waals surface area contributed by atoms with Gasteiger partial charge in [-0.1, -0.05) is 23.4 Å². The van der Waals surface area contributed by atoms with Crippen molar-refractivity contribution in [3.05, 3.63) is 46.8 Å². The highest BCUT2D eigenvalue weighted by Crippen LogP contribution is 2.29. The number of carbonyl (C=O) groups is 1. The van der Waals surface area contributed by atoms with Crippen molar-refractivity contribution < 1.29 is 14.1 Å². The van der Waals surface area contributed by atoms with Crippen LogP contribution in [-0.2, 0) is 30.6 Å². The fourth-order valence-electron chi connectivity index (χ4n) is 3.89. The number of amides is 1. The van der Waals surface area contributed by atoms with Gasteiger partial charge in [0.1, 0.15) is 17.2 Å². The highest BCUT2D eigenvalue weighted by molar-refractivity contribution is 5.79. The average molecular weight is 340 g/mol. The zero-order chi connectivity index (χ0) is 17.2. The second-order valence-corrected chi connectivity index (χ2v) is 7.08. The van der Waals surface area contributed by atoms with Crippen LogP contribution in [0.1, 0.15) is 41.8 Å². The first-order chi connectivity index (χ1) is 12.2. The van der Waals surface area contributed by atoms with E-state index in [9.17, 15) is 4.79 Å². The first-order valence-corrected chi connectivity index (χ1v) is 9.14. The Morgan fingerprint density at radius 2 is 2.12 bits per heavy atom. The molecule has 0 saturated heterocycles. The molecule has 2 heterocycles. The van der Waals surface area contributed by atoms with Crippen molar-refractivity contribution in [3.8, 4) is 5.75 Å². The number of carbonyl (C=O) groups excluding carboxylic acids is 1. The number of ether oxygens (including phenoxy) is 1. The zero-order valence-electron chi connectivity index (χ0n) is 14.7. The van der Waals surface area contributed by atoms with E-state index >= 15 is 0 Å². The molecule has 0 radical (unpaired) electrons. The Bertz CT molecular complexity index is 768. The molecule has 0 fully saturated rings. The molecule has 132 valence electrons. The Morgan fingerprint density at radius 1 is 1.28 bits per heavy atom. The van der Waals surface area contributed by atoms with Gasteiger partial charge in [0.15, 0.2) is 0 Å². The average Bonchev–Trinajstić information content (AvgIpc) is 2.91. The lowest BCUT2D eigenvalue weighted by Gasteiger charge is -2.22. The molecule has 1 aromatic heterocycles. The molecule has 0 unspecified atom stereocenters. The van der Waals surface area contributed by atoms with Crippen molar-refractivity contribution in [3.63, 3.8) is 0 Å². The number of hydrogen-bond acceptors (Lipinski definition) is 4. The van der Waals surface area contributed by atoms with Gasteiger partial charge in [-0.15, -0.1) is 0 Å². The summed E-state index contributed by atoms with van der Waals surface area (Å²) < 4.78 is 11.3. The van der Waals surface area contributed by atoms with E-state index in [4.69, 9.17) is 9.26 Å². The van der Waals surface area contributed by atoms with Crippen molar-refractivity contribution in [2.45, 2.75) is 45.1 Å². The number of aromatic nitrogens is 1. The van der Waals surface area contributed by atoms with E-state index in [0.29, 0.717) is 13.2 Å². The van der Waals surface area contributed by atoms with E-state index in [1.165, 1.54) is 12.0 Å². The number of para-hydroxylation sites is 1. The molecule has 1 atom stereocenters. The van der Waals surface area contributed by atoms with Gasteiger partial charge in [0.2, 0.25) is 5.91 Å². The number of aryl methyl sites for hydroxylation is 1. The van der Waals surface area contributed by atoms with E-state index in [1.54, 1.807) is 4.90 Å². The second-order valence-electron chi connectivity index (χ2n) is 7.08. The molecule has 0 saturated carbocycles. The predicted molar refractivity (Wildman–Crippen MR) is 93.4 cm³/mol. The van der Waals surface area contributed by atoms with Gasteiger partial charge in [-0.05, 0) is 43.7 Å². The highest BCUT2D eigenvalue weighted by Gasteiger charge is 2.28. The minimum absolute atomic E-state index is 0.0450. The molecular formula is C20H24N2O3. The van der Waals surface area contributed by atoms with E-state index < -0.39 is 0 Å². The topological polar surface area (TPSA) is 55.6 Å². The highest BCUT2D eigenvalue weighted by atomic mass is 16.5. The summed E-state index contributed by atoms with van der Waals surface area (Å²) in [6.45, 7) is 1.11. The molecule has 5 nitrogen and oxygen atoms in total. The summed E-state index contributed by atoms with van der Waals surface area (Å²) in [4.78, 5) is 14.8. The maximum Gasteiger partial charge on any atom is 0.226 e. The number of nitrogens with zero attached hydrogens (tertiary/aromatic N) is 2. The lowest BCUT2D eigenvalue weighted by Crippen LogP contribution is -2.34. The van der Waals surface area contributed by atoms with E-state index in [-0.39, 0.29) is 11.8 Å². The molecule has 2 aromatic rings. The van der Waals surface area contributed by atoms with Crippen LogP contribution in [0.3, 0.4) is 0 Å². The van der Waals surface area contributed by atoms with Gasteiger partial charge in [-0.2, -0.15) is 0 Å². The van der Waals surface area contributed by atoms with Crippen LogP contribution in [0.25, 0.3) is 0 Å². The molecule has 1 aliphatic heterocycles. The minimum atomic E-state index is -0.0450. The van der Waals surface area contributed by atoms with Crippen molar-refractivity contribution in [2.24, 2.45) is 5.92 Å². The van der Waals surface area contributed by atoms with Crippen molar-refractivity contribution in [1.82, 2.24) is 10.1 Å². The van der Waals surface area contributed by atoms with Gasteiger partial charge >= 0.3 is 0 Å². The molecule has 5 heteroatoms. The van der Waals surface area contributed by atoms with Crippen LogP contribution in [0, 0.1) is 5.92 Å². The van der Waals surface area contributed by atoms with Crippen molar-refractivity contribution in [1.29, 1.82) is 0 Å². The lowest BCUT2D eigenvalue weighted by atomic mass is 9.94. The molecule has 4 rings (SSSR count). The Balaban J connectivity index is 1.46. The first kappa shape index (κ1) is 16.2. The second kappa shape index (κ2) is 6.90. The summed E-state index contributed by atoms with van der Waals surface area (Å²) in [6.07, 6.45) is 5.80. The summed E-state index contributed by atoms with van der Waals surface area (Å²) >= 11 is 0. The molecule has 1 amide bonds. The van der Waals surface area contributed by atoms with Crippen molar-refractivity contribution in [2.75, 3.05) is 13.7 Å². The fourth-order valence-corrected chi connectivity index (χ4v) is 3.89. The molecular weight excluding hydrogens is 316 g/mol. The number of benzene rings is 1. The van der Waals surface area contributed by atoms with Gasteiger partial charge in [0.25, 0.3) is 0 Å². The summed E-state index contributed by atoms with van der Waals surface area (Å²) in [5.41, 5.74) is 3.27. The molecule has 1 aromatic carbocycles. The Hall–Kier alpha value is -2.30. The predicted octanol–water partition coefficient (Wildman–Crippen LogP) is 3.15. The van der Waals surface area contributed by atoms with Crippen LogP contribution < -0.4 is 4.74 Å². The first-order valence-electron chi connectivity index (χ1n) is 9.14. The smallest absolute Gasteiger partial charge is 0.226 e. The van der Waals surface area contributed by atoms with Crippen LogP contribution in [0.15, 0.2) is 28.8 Å². The third-order valence-corrected chi connectivity index (χ3v) is 5.31. The van der Waals surface area contributed by atoms with Crippen LogP contribution in [0.5, 0.6) is 5.75 Å². The van der Waals surface area contributed by atoms with Crippen LogP contribution in [0.4, 0.5) is 0 Å². The van der Waals surface area contributed by atoms with Crippen LogP contribution in [0.2, 0.25) is 0 Å². The van der Waals surface area contributed by atoms with E-state index in [0.717, 1.165) is 54.9 Å². The molecule has 1 aliphatic carbocycles. The summed E-state index contributed by atoms with van der Waals surface area (Å²) in [7, 11) is 1.86. The fraction of sp³-hybridized carbons (Fsp3) is 0.500. The maximum absolute atomic E-state index is 13.0. The molecule has 0 bridgehead atoms. The normalized spacial score (nSPS) is 19.3. The van der Waals surface area contributed by atoms with E-state index in [2.05, 4.69) is 11.2 Å². The van der Waals surface area contributed by atoms with Gasteiger partial charge in [0, 0.05) is 24.9 Å². The van der Waals surface area contributed by atoms with Gasteiger partial charge in [-0.3, -0.25) is 4.79 Å². The minimum Gasteiger partial charge on any atom is -0.493 e. The van der Waals surface area contributed by atoms with E-state index in [1.807, 2.05) is 25.2 Å². The Labute approximate surface area is 147 Å². The van der Waals surface area contributed by atoms with Crippen LogP contribution >= 0.6 is 0 Å². The van der Waals surface area contributed by atoms with Gasteiger partial charge < -0.3 is 14.2 Å².